The van der Waals surface area contributed by atoms with E-state index in [9.17, 15) is 9.18 Å². The fourth-order valence-corrected chi connectivity index (χ4v) is 1.84. The van der Waals surface area contributed by atoms with E-state index in [1.807, 2.05) is 0 Å². The van der Waals surface area contributed by atoms with Crippen LogP contribution in [0.25, 0.3) is 6.08 Å². The number of nitrogens with zero attached hydrogens (tertiary/aromatic N) is 2. The highest BCUT2D eigenvalue weighted by Gasteiger charge is 2.02. The molecule has 1 aromatic carbocycles. The highest BCUT2D eigenvalue weighted by atomic mass is 79.9. The molecule has 4 nitrogen and oxygen atoms in total. The Bertz CT molecular complexity index is 637. The first kappa shape index (κ1) is 13.5. The molecule has 0 spiro atoms. The first-order valence-corrected chi connectivity index (χ1v) is 6.27. The van der Waals surface area contributed by atoms with Gasteiger partial charge in [-0.25, -0.2) is 4.39 Å². The minimum atomic E-state index is -0.384. The number of aromatic nitrogens is 2. The van der Waals surface area contributed by atoms with Crippen LogP contribution >= 0.6 is 15.9 Å². The Balaban J connectivity index is 2.05. The van der Waals surface area contributed by atoms with Gasteiger partial charge in [-0.1, -0.05) is 15.9 Å². The van der Waals surface area contributed by atoms with Crippen molar-refractivity contribution in [3.05, 3.63) is 52.4 Å². The fraction of sp³-hybridized carbons (Fsp3) is 0.0769. The molecule has 0 aliphatic rings. The number of aryl methyl sites for hydroxylation is 1. The maximum Gasteiger partial charge on any atom is 0.249 e. The van der Waals surface area contributed by atoms with E-state index in [1.54, 1.807) is 36.1 Å². The molecule has 0 unspecified atom stereocenters. The highest BCUT2D eigenvalue weighted by molar-refractivity contribution is 9.10. The maximum absolute atomic E-state index is 13.4. The van der Waals surface area contributed by atoms with Gasteiger partial charge in [0.1, 0.15) is 5.82 Å². The van der Waals surface area contributed by atoms with Crippen LogP contribution in [0.5, 0.6) is 0 Å². The average molecular weight is 324 g/mol. The third-order valence-corrected chi connectivity index (χ3v) is 2.83. The van der Waals surface area contributed by atoms with Crippen molar-refractivity contribution in [1.29, 1.82) is 0 Å². The van der Waals surface area contributed by atoms with Crippen LogP contribution < -0.4 is 5.32 Å². The molecular formula is C13H11BrFN3O. The van der Waals surface area contributed by atoms with E-state index in [2.05, 4.69) is 26.3 Å². The number of carbonyl (C=O) groups is 1. The van der Waals surface area contributed by atoms with E-state index in [1.165, 1.54) is 18.2 Å². The third-order valence-electron chi connectivity index (χ3n) is 2.34. The van der Waals surface area contributed by atoms with Crippen LogP contribution in [-0.4, -0.2) is 15.7 Å². The number of benzene rings is 1. The Labute approximate surface area is 118 Å². The molecule has 0 saturated carbocycles. The molecule has 1 amide bonds. The summed E-state index contributed by atoms with van der Waals surface area (Å²) in [5.41, 5.74) is 0.338. The summed E-state index contributed by atoms with van der Waals surface area (Å²) < 4.78 is 15.8. The monoisotopic (exact) mass is 323 g/mol. The van der Waals surface area contributed by atoms with Gasteiger partial charge in [-0.2, -0.15) is 5.10 Å². The van der Waals surface area contributed by atoms with Crippen LogP contribution in [0.1, 0.15) is 5.56 Å². The molecule has 2 aromatic rings. The SMILES string of the molecule is Cn1ccc(NC(=O)/C=C/c2cc(Br)ccc2F)n1. The van der Waals surface area contributed by atoms with Gasteiger partial charge in [0.25, 0.3) is 0 Å². The average Bonchev–Trinajstić information content (AvgIpc) is 2.76. The molecule has 0 fully saturated rings. The summed E-state index contributed by atoms with van der Waals surface area (Å²) in [5, 5.41) is 6.58. The van der Waals surface area contributed by atoms with Crippen LogP contribution in [0.4, 0.5) is 10.2 Å². The summed E-state index contributed by atoms with van der Waals surface area (Å²) in [6, 6.07) is 6.20. The zero-order valence-corrected chi connectivity index (χ0v) is 11.7. The van der Waals surface area contributed by atoms with Gasteiger partial charge in [0.2, 0.25) is 5.91 Å². The lowest BCUT2D eigenvalue weighted by Crippen LogP contribution is -2.08. The molecular weight excluding hydrogens is 313 g/mol. The summed E-state index contributed by atoms with van der Waals surface area (Å²) in [5.74, 6) is -0.296. The molecule has 2 rings (SSSR count). The molecule has 0 atom stereocenters. The minimum absolute atomic E-state index is 0.338. The van der Waals surface area contributed by atoms with Crippen molar-refractivity contribution in [1.82, 2.24) is 9.78 Å². The molecule has 0 radical (unpaired) electrons. The number of nitrogens with one attached hydrogen (secondary N) is 1. The number of hydrogen-bond acceptors (Lipinski definition) is 2. The van der Waals surface area contributed by atoms with Gasteiger partial charge in [-0.05, 0) is 24.3 Å². The summed E-state index contributed by atoms with van der Waals surface area (Å²) >= 11 is 3.25. The van der Waals surface area contributed by atoms with Crippen molar-refractivity contribution in [2.45, 2.75) is 0 Å². The second kappa shape index (κ2) is 5.79. The van der Waals surface area contributed by atoms with E-state index in [4.69, 9.17) is 0 Å². The van der Waals surface area contributed by atoms with Crippen molar-refractivity contribution < 1.29 is 9.18 Å². The first-order chi connectivity index (χ1) is 9.04. The van der Waals surface area contributed by atoms with E-state index in [0.29, 0.717) is 11.4 Å². The Hall–Kier alpha value is -1.95. The Morgan fingerprint density at radius 1 is 1.47 bits per heavy atom. The number of rotatable bonds is 3. The predicted molar refractivity (Wildman–Crippen MR) is 75.0 cm³/mol. The van der Waals surface area contributed by atoms with E-state index in [0.717, 1.165) is 4.47 Å². The van der Waals surface area contributed by atoms with Gasteiger partial charge in [0.05, 0.1) is 0 Å². The highest BCUT2D eigenvalue weighted by Crippen LogP contribution is 2.16. The van der Waals surface area contributed by atoms with Crippen molar-refractivity contribution >= 4 is 33.7 Å². The molecule has 1 aromatic heterocycles. The van der Waals surface area contributed by atoms with Gasteiger partial charge >= 0.3 is 0 Å². The minimum Gasteiger partial charge on any atom is -0.306 e. The van der Waals surface area contributed by atoms with E-state index in [-0.39, 0.29) is 11.7 Å². The Morgan fingerprint density at radius 3 is 2.95 bits per heavy atom. The second-order valence-electron chi connectivity index (χ2n) is 3.86. The summed E-state index contributed by atoms with van der Waals surface area (Å²) in [6.07, 6.45) is 4.39. The number of amides is 1. The van der Waals surface area contributed by atoms with E-state index < -0.39 is 0 Å². The lowest BCUT2D eigenvalue weighted by atomic mass is 10.2. The molecule has 0 aliphatic carbocycles. The summed E-state index contributed by atoms with van der Waals surface area (Å²) in [7, 11) is 1.75. The number of halogens is 2. The summed E-state index contributed by atoms with van der Waals surface area (Å²) in [4.78, 5) is 11.6. The zero-order valence-electron chi connectivity index (χ0n) is 10.1. The second-order valence-corrected chi connectivity index (χ2v) is 4.78. The zero-order chi connectivity index (χ0) is 13.8. The number of carbonyl (C=O) groups excluding carboxylic acids is 1. The topological polar surface area (TPSA) is 46.9 Å². The van der Waals surface area contributed by atoms with Crippen LogP contribution in [0.15, 0.2) is 41.0 Å². The third kappa shape index (κ3) is 3.75. The van der Waals surface area contributed by atoms with Crippen molar-refractivity contribution in [2.75, 3.05) is 5.32 Å². The number of anilines is 1. The lowest BCUT2D eigenvalue weighted by Gasteiger charge is -1.98. The van der Waals surface area contributed by atoms with Gasteiger partial charge in [0, 0.05) is 35.4 Å². The van der Waals surface area contributed by atoms with Crippen molar-refractivity contribution in [2.24, 2.45) is 7.05 Å². The molecule has 0 bridgehead atoms. The molecule has 6 heteroatoms. The summed E-state index contributed by atoms with van der Waals surface area (Å²) in [6.45, 7) is 0. The maximum atomic E-state index is 13.4. The molecule has 0 aliphatic heterocycles. The molecule has 1 N–H and O–H groups in total. The van der Waals surface area contributed by atoms with E-state index >= 15 is 0 Å². The van der Waals surface area contributed by atoms with Crippen molar-refractivity contribution in [3.8, 4) is 0 Å². The fourth-order valence-electron chi connectivity index (χ4n) is 1.46. The Morgan fingerprint density at radius 2 is 2.26 bits per heavy atom. The molecule has 0 saturated heterocycles. The lowest BCUT2D eigenvalue weighted by molar-refractivity contribution is -0.111. The standard InChI is InChI=1S/C13H11BrFN3O/c1-18-7-6-12(17-18)16-13(19)5-2-9-8-10(14)3-4-11(9)15/h2-8H,1H3,(H,16,17,19)/b5-2+. The van der Waals surface area contributed by atoms with Gasteiger partial charge in [-0.3, -0.25) is 9.48 Å². The van der Waals surface area contributed by atoms with Crippen molar-refractivity contribution in [3.63, 3.8) is 0 Å². The van der Waals surface area contributed by atoms with Crippen LogP contribution in [0, 0.1) is 5.82 Å². The van der Waals surface area contributed by atoms with Crippen LogP contribution in [0.3, 0.4) is 0 Å². The van der Waals surface area contributed by atoms with Gasteiger partial charge in [-0.15, -0.1) is 0 Å². The Kier molecular flexibility index (Phi) is 4.11. The number of hydrogen-bond donors (Lipinski definition) is 1. The smallest absolute Gasteiger partial charge is 0.249 e. The van der Waals surface area contributed by atoms with Crippen LogP contribution in [-0.2, 0) is 11.8 Å². The largest absolute Gasteiger partial charge is 0.306 e. The quantitative estimate of drug-likeness (QED) is 0.883. The normalized spacial score (nSPS) is 10.9. The van der Waals surface area contributed by atoms with Gasteiger partial charge < -0.3 is 5.32 Å². The molecule has 1 heterocycles. The predicted octanol–water partition coefficient (Wildman–Crippen LogP) is 2.97. The molecule has 98 valence electrons. The molecule has 19 heavy (non-hydrogen) atoms. The first-order valence-electron chi connectivity index (χ1n) is 5.48. The van der Waals surface area contributed by atoms with Crippen LogP contribution in [0.2, 0.25) is 0 Å². The van der Waals surface area contributed by atoms with Gasteiger partial charge in [0.15, 0.2) is 5.82 Å².